The molecule has 0 fully saturated rings. The van der Waals surface area contributed by atoms with Crippen molar-refractivity contribution in [2.75, 3.05) is 13.2 Å². The molecule has 8 nitrogen and oxygen atoms in total. The molecule has 3 aromatic rings. The Morgan fingerprint density at radius 2 is 1.89 bits per heavy atom. The Balaban J connectivity index is 2.17. The van der Waals surface area contributed by atoms with Crippen LogP contribution in [0.25, 0.3) is 11.3 Å². The largest absolute Gasteiger partial charge is 0.491 e. The minimum atomic E-state index is -5.30. The van der Waals surface area contributed by atoms with Gasteiger partial charge in [0, 0.05) is 11.1 Å². The maximum atomic E-state index is 14.2. The van der Waals surface area contributed by atoms with Gasteiger partial charge in [0.25, 0.3) is 5.91 Å². The van der Waals surface area contributed by atoms with Crippen LogP contribution in [-0.4, -0.2) is 41.2 Å². The molecule has 1 atom stereocenters. The lowest BCUT2D eigenvalue weighted by molar-refractivity contribution is -0.265. The number of benzene rings is 1. The number of aliphatic hydroxyl groups is 1. The number of carbonyl (C=O) groups excluding carboxylic acids is 2. The van der Waals surface area contributed by atoms with Crippen LogP contribution in [0.5, 0.6) is 5.75 Å². The summed E-state index contributed by atoms with van der Waals surface area (Å²) in [6, 6.07) is 6.72. The van der Waals surface area contributed by atoms with Gasteiger partial charge in [0.2, 0.25) is 11.5 Å². The van der Waals surface area contributed by atoms with Crippen LogP contribution in [0.3, 0.4) is 0 Å². The Labute approximate surface area is 196 Å². The summed E-state index contributed by atoms with van der Waals surface area (Å²) < 4.78 is 66.3. The summed E-state index contributed by atoms with van der Waals surface area (Å²) in [4.78, 5) is 27.9. The van der Waals surface area contributed by atoms with Crippen molar-refractivity contribution < 1.29 is 41.4 Å². The van der Waals surface area contributed by atoms with Crippen molar-refractivity contribution in [2.24, 2.45) is 5.73 Å². The summed E-state index contributed by atoms with van der Waals surface area (Å²) in [5.41, 5.74) is 0.541. The third kappa shape index (κ3) is 5.60. The first kappa shape index (κ1) is 25.7. The second-order valence-electron chi connectivity index (χ2n) is 7.48. The van der Waals surface area contributed by atoms with Crippen LogP contribution in [0.1, 0.15) is 28.5 Å². The van der Waals surface area contributed by atoms with Gasteiger partial charge in [-0.3, -0.25) is 9.59 Å². The maximum absolute atomic E-state index is 14.2. The first-order valence-corrected chi connectivity index (χ1v) is 10.3. The predicted molar refractivity (Wildman–Crippen MR) is 115 cm³/mol. The molecule has 0 aliphatic heterocycles. The van der Waals surface area contributed by atoms with E-state index in [1.54, 1.807) is 6.92 Å². The van der Waals surface area contributed by atoms with E-state index in [2.05, 4.69) is 4.98 Å². The number of hydrogen-bond donors (Lipinski definition) is 3. The van der Waals surface area contributed by atoms with Crippen molar-refractivity contribution in [3.05, 3.63) is 71.6 Å². The van der Waals surface area contributed by atoms with Crippen molar-refractivity contribution in [1.82, 2.24) is 10.3 Å². The van der Waals surface area contributed by atoms with Crippen LogP contribution in [0, 0.1) is 5.82 Å². The second-order valence-corrected chi connectivity index (χ2v) is 7.48. The lowest BCUT2D eigenvalue weighted by Crippen LogP contribution is -2.51. The van der Waals surface area contributed by atoms with Gasteiger partial charge in [-0.2, -0.15) is 13.2 Å². The van der Waals surface area contributed by atoms with Gasteiger partial charge in [0.05, 0.1) is 37.1 Å². The fourth-order valence-electron chi connectivity index (χ4n) is 3.27. The van der Waals surface area contributed by atoms with E-state index >= 15 is 0 Å². The minimum Gasteiger partial charge on any atom is -0.491 e. The van der Waals surface area contributed by atoms with Crippen molar-refractivity contribution in [2.45, 2.75) is 25.1 Å². The SMILES string of the molecule is CCOc1c(CC(N)=O)cc([C@@](O)(CNC(=O)c2ccoc2)C(F)(F)F)nc1-c1ccc(F)cc1. The number of amides is 2. The zero-order chi connectivity index (χ0) is 25.8. The molecule has 186 valence electrons. The number of halogens is 4. The lowest BCUT2D eigenvalue weighted by Gasteiger charge is -2.31. The highest BCUT2D eigenvalue weighted by Gasteiger charge is 2.56. The molecule has 0 saturated carbocycles. The molecular weight excluding hydrogens is 474 g/mol. The number of ether oxygens (including phenoxy) is 1. The van der Waals surface area contributed by atoms with Gasteiger partial charge in [0.15, 0.2) is 0 Å². The number of pyridine rings is 1. The highest BCUT2D eigenvalue weighted by atomic mass is 19.4. The molecule has 2 heterocycles. The minimum absolute atomic E-state index is 0.0476. The maximum Gasteiger partial charge on any atom is 0.424 e. The topological polar surface area (TPSA) is 128 Å². The molecule has 3 rings (SSSR count). The van der Waals surface area contributed by atoms with Crippen LogP contribution < -0.4 is 15.8 Å². The summed E-state index contributed by atoms with van der Waals surface area (Å²) in [7, 11) is 0. The molecule has 4 N–H and O–H groups in total. The highest BCUT2D eigenvalue weighted by molar-refractivity contribution is 5.93. The highest BCUT2D eigenvalue weighted by Crippen LogP contribution is 2.42. The fourth-order valence-corrected chi connectivity index (χ4v) is 3.27. The number of hydrogen-bond acceptors (Lipinski definition) is 6. The van der Waals surface area contributed by atoms with Crippen molar-refractivity contribution >= 4 is 11.8 Å². The third-order valence-electron chi connectivity index (χ3n) is 5.00. The van der Waals surface area contributed by atoms with Crippen LogP contribution in [0.2, 0.25) is 0 Å². The Morgan fingerprint density at radius 1 is 1.20 bits per heavy atom. The van der Waals surface area contributed by atoms with Crippen molar-refractivity contribution in [1.29, 1.82) is 0 Å². The molecule has 0 saturated heterocycles. The number of nitrogens with zero attached hydrogens (tertiary/aromatic N) is 1. The molecule has 0 bridgehead atoms. The molecule has 12 heteroatoms. The number of nitrogens with one attached hydrogen (secondary N) is 1. The summed E-state index contributed by atoms with van der Waals surface area (Å²) in [5, 5.41) is 12.8. The molecule has 2 amide bonds. The molecule has 1 aromatic carbocycles. The Hall–Kier alpha value is -3.93. The van der Waals surface area contributed by atoms with Crippen molar-refractivity contribution in [3.8, 4) is 17.0 Å². The normalized spacial score (nSPS) is 13.2. The van der Waals surface area contributed by atoms with E-state index in [4.69, 9.17) is 14.9 Å². The first-order chi connectivity index (χ1) is 16.5. The smallest absolute Gasteiger partial charge is 0.424 e. The second kappa shape index (κ2) is 10.1. The van der Waals surface area contributed by atoms with E-state index in [1.165, 1.54) is 18.2 Å². The quantitative estimate of drug-likeness (QED) is 0.392. The molecule has 0 unspecified atom stereocenters. The van der Waals surface area contributed by atoms with Crippen LogP contribution in [-0.2, 0) is 16.8 Å². The standard InChI is InChI=1S/C23H21F4N3O5/c1-2-35-20-15(10-18(28)31)9-17(30-19(20)13-3-5-16(24)6-4-13)22(33,23(25,26)27)12-29-21(32)14-7-8-34-11-14/h3-9,11,33H,2,10,12H2,1H3,(H2,28,31)(H,29,32)/t22-/m0/s1. The van der Waals surface area contributed by atoms with E-state index < -0.39 is 48.1 Å². The van der Waals surface area contributed by atoms with E-state index in [-0.39, 0.29) is 34.7 Å². The van der Waals surface area contributed by atoms with Gasteiger partial charge in [-0.05, 0) is 43.3 Å². The van der Waals surface area contributed by atoms with Crippen LogP contribution in [0.4, 0.5) is 17.6 Å². The molecule has 35 heavy (non-hydrogen) atoms. The molecular formula is C23H21F4N3O5. The summed E-state index contributed by atoms with van der Waals surface area (Å²) in [6.07, 6.45) is -3.66. The van der Waals surface area contributed by atoms with Crippen LogP contribution >= 0.6 is 0 Å². The summed E-state index contributed by atoms with van der Waals surface area (Å²) in [6.45, 7) is 0.361. The van der Waals surface area contributed by atoms with Gasteiger partial charge < -0.3 is 25.3 Å². The molecule has 0 spiro atoms. The zero-order valence-electron chi connectivity index (χ0n) is 18.4. The number of carbonyl (C=O) groups is 2. The summed E-state index contributed by atoms with van der Waals surface area (Å²) in [5.74, 6) is -2.46. The number of furan rings is 1. The molecule has 0 aliphatic rings. The zero-order valence-corrected chi connectivity index (χ0v) is 18.4. The van der Waals surface area contributed by atoms with Gasteiger partial charge in [-0.15, -0.1) is 0 Å². The molecule has 0 radical (unpaired) electrons. The van der Waals surface area contributed by atoms with E-state index in [0.29, 0.717) is 0 Å². The van der Waals surface area contributed by atoms with Gasteiger partial charge in [-0.1, -0.05) is 0 Å². The summed E-state index contributed by atoms with van der Waals surface area (Å²) >= 11 is 0. The average molecular weight is 495 g/mol. The van der Waals surface area contributed by atoms with E-state index in [9.17, 15) is 32.3 Å². The van der Waals surface area contributed by atoms with Crippen LogP contribution in [0.15, 0.2) is 53.3 Å². The Bertz CT molecular complexity index is 1200. The number of alkyl halides is 3. The molecule has 2 aromatic heterocycles. The number of nitrogens with two attached hydrogens (primary N) is 1. The first-order valence-electron chi connectivity index (χ1n) is 10.3. The number of rotatable bonds is 9. The monoisotopic (exact) mass is 495 g/mol. The van der Waals surface area contributed by atoms with Gasteiger partial charge in [-0.25, -0.2) is 9.37 Å². The Morgan fingerprint density at radius 3 is 2.43 bits per heavy atom. The number of aromatic nitrogens is 1. The lowest BCUT2D eigenvalue weighted by atomic mass is 9.93. The molecule has 0 aliphatic carbocycles. The van der Waals surface area contributed by atoms with E-state index in [0.717, 1.165) is 30.7 Å². The Kier molecular flexibility index (Phi) is 7.44. The third-order valence-corrected chi connectivity index (χ3v) is 5.00. The van der Waals surface area contributed by atoms with Crippen molar-refractivity contribution in [3.63, 3.8) is 0 Å². The fraction of sp³-hybridized carbons (Fsp3) is 0.261. The number of primary amides is 1. The average Bonchev–Trinajstić information content (AvgIpc) is 3.33. The predicted octanol–water partition coefficient (Wildman–Crippen LogP) is 3.09. The van der Waals surface area contributed by atoms with E-state index in [1.807, 2.05) is 5.32 Å². The van der Waals surface area contributed by atoms with Gasteiger partial charge in [0.1, 0.15) is 23.5 Å². The van der Waals surface area contributed by atoms with Gasteiger partial charge >= 0.3 is 6.18 Å².